The second-order valence-corrected chi connectivity index (χ2v) is 6.72. The van der Waals surface area contributed by atoms with Crippen molar-refractivity contribution in [1.29, 1.82) is 0 Å². The van der Waals surface area contributed by atoms with Gasteiger partial charge in [-0.1, -0.05) is 26.0 Å². The van der Waals surface area contributed by atoms with Gasteiger partial charge in [-0.15, -0.1) is 0 Å². The van der Waals surface area contributed by atoms with Crippen molar-refractivity contribution in [2.75, 3.05) is 20.1 Å². The predicted octanol–water partition coefficient (Wildman–Crippen LogP) is 2.88. The number of hydrogen-bond acceptors (Lipinski definition) is 4. The average molecular weight is 373 g/mol. The Morgan fingerprint density at radius 3 is 2.70 bits per heavy atom. The summed E-state index contributed by atoms with van der Waals surface area (Å²) in [6.45, 7) is 6.12. The molecule has 6 heteroatoms. The number of carbonyl (C=O) groups excluding carboxylic acids is 2. The summed E-state index contributed by atoms with van der Waals surface area (Å²) in [6, 6.07) is 6.47. The fraction of sp³-hybridized carbons (Fsp3) is 0.571. The Balaban J connectivity index is 0.00000126. The van der Waals surface area contributed by atoms with Gasteiger partial charge in [0, 0.05) is 25.9 Å². The fourth-order valence-electron chi connectivity index (χ4n) is 3.77. The maximum absolute atomic E-state index is 12.3. The number of carbonyl (C=O) groups is 2. The first-order valence-electron chi connectivity index (χ1n) is 9.98. The number of aromatic nitrogens is 2. The zero-order chi connectivity index (χ0) is 19.8. The van der Waals surface area contributed by atoms with Crippen LogP contribution in [0.4, 0.5) is 0 Å². The van der Waals surface area contributed by atoms with E-state index in [1.54, 1.807) is 7.05 Å². The first-order chi connectivity index (χ1) is 13.2. The molecular formula is C21H32N4O2. The Morgan fingerprint density at radius 1 is 1.37 bits per heavy atom. The third kappa shape index (κ3) is 4.75. The van der Waals surface area contributed by atoms with E-state index in [2.05, 4.69) is 33.9 Å². The van der Waals surface area contributed by atoms with E-state index in [4.69, 9.17) is 0 Å². The van der Waals surface area contributed by atoms with Gasteiger partial charge in [-0.3, -0.25) is 9.48 Å². The third-order valence-electron chi connectivity index (χ3n) is 5.18. The number of nitrogens with zero attached hydrogens (tertiary/aromatic N) is 2. The van der Waals surface area contributed by atoms with E-state index in [1.807, 2.05) is 25.6 Å². The maximum atomic E-state index is 12.3. The summed E-state index contributed by atoms with van der Waals surface area (Å²) in [6.07, 6.45) is 3.98. The number of aryl methyl sites for hydroxylation is 1. The molecule has 0 aliphatic carbocycles. The van der Waals surface area contributed by atoms with E-state index in [0.717, 1.165) is 48.8 Å². The van der Waals surface area contributed by atoms with Crippen molar-refractivity contribution in [2.24, 2.45) is 7.05 Å². The molecule has 0 radical (unpaired) electrons. The highest BCUT2D eigenvalue weighted by atomic mass is 16.1. The molecule has 0 spiro atoms. The summed E-state index contributed by atoms with van der Waals surface area (Å²) in [7, 11) is 3.54. The molecule has 2 N–H and O–H groups in total. The van der Waals surface area contributed by atoms with Gasteiger partial charge < -0.3 is 15.4 Å². The van der Waals surface area contributed by atoms with E-state index in [1.165, 1.54) is 5.56 Å². The van der Waals surface area contributed by atoms with Gasteiger partial charge in [0.15, 0.2) is 0 Å². The molecule has 1 aromatic carbocycles. The first kappa shape index (κ1) is 21.1. The normalized spacial score (nSPS) is 15.7. The highest BCUT2D eigenvalue weighted by molar-refractivity contribution is 5.91. The summed E-state index contributed by atoms with van der Waals surface area (Å²) in [5.41, 5.74) is 3.15. The van der Waals surface area contributed by atoms with Gasteiger partial charge in [-0.25, -0.2) is 0 Å². The topological polar surface area (TPSA) is 76.0 Å². The van der Waals surface area contributed by atoms with Crippen molar-refractivity contribution in [3.8, 4) is 0 Å². The lowest BCUT2D eigenvalue weighted by molar-refractivity contribution is -0.122. The molecule has 2 aromatic rings. The van der Waals surface area contributed by atoms with Crippen LogP contribution in [0, 0.1) is 0 Å². The van der Waals surface area contributed by atoms with Crippen LogP contribution in [0.5, 0.6) is 0 Å². The van der Waals surface area contributed by atoms with Crippen molar-refractivity contribution >= 4 is 23.1 Å². The number of hydrogen-bond donors (Lipinski definition) is 2. The Kier molecular flexibility index (Phi) is 7.98. The predicted molar refractivity (Wildman–Crippen MR) is 109 cm³/mol. The van der Waals surface area contributed by atoms with Crippen molar-refractivity contribution in [3.05, 3.63) is 29.5 Å². The quantitative estimate of drug-likeness (QED) is 0.765. The summed E-state index contributed by atoms with van der Waals surface area (Å²) in [5, 5.41) is 11.7. The van der Waals surface area contributed by atoms with Crippen LogP contribution in [0.3, 0.4) is 0 Å². The van der Waals surface area contributed by atoms with Crippen LogP contribution in [0.15, 0.2) is 18.2 Å². The number of benzene rings is 1. The minimum Gasteiger partial charge on any atom is -0.359 e. The largest absolute Gasteiger partial charge is 0.359 e. The van der Waals surface area contributed by atoms with E-state index in [0.29, 0.717) is 18.8 Å². The molecule has 1 amide bonds. The number of piperidine rings is 1. The molecule has 1 fully saturated rings. The molecule has 148 valence electrons. The number of fused-ring (bicyclic) bond motifs is 1. The summed E-state index contributed by atoms with van der Waals surface area (Å²) >= 11 is 0. The molecule has 27 heavy (non-hydrogen) atoms. The fourth-order valence-corrected chi connectivity index (χ4v) is 3.77. The molecule has 1 unspecified atom stereocenters. The smallest absolute Gasteiger partial charge is 0.228 e. The molecule has 0 saturated carbocycles. The zero-order valence-electron chi connectivity index (χ0n) is 16.9. The highest BCUT2D eigenvalue weighted by Gasteiger charge is 2.25. The van der Waals surface area contributed by atoms with E-state index < -0.39 is 5.92 Å². The van der Waals surface area contributed by atoms with Gasteiger partial charge in [-0.05, 0) is 49.9 Å². The van der Waals surface area contributed by atoms with Crippen molar-refractivity contribution in [1.82, 2.24) is 20.4 Å². The monoisotopic (exact) mass is 372 g/mol. The minimum atomic E-state index is -0.399. The lowest BCUT2D eigenvalue weighted by atomic mass is 9.89. The number of rotatable bonds is 6. The molecule has 1 atom stereocenters. The van der Waals surface area contributed by atoms with Crippen molar-refractivity contribution in [3.63, 3.8) is 0 Å². The van der Waals surface area contributed by atoms with Crippen molar-refractivity contribution < 1.29 is 9.59 Å². The first-order valence-corrected chi connectivity index (χ1v) is 9.98. The molecule has 2 heterocycles. The molecule has 3 rings (SSSR count). The van der Waals surface area contributed by atoms with Gasteiger partial charge in [0.25, 0.3) is 0 Å². The van der Waals surface area contributed by atoms with E-state index in [-0.39, 0.29) is 5.91 Å². The van der Waals surface area contributed by atoms with Gasteiger partial charge >= 0.3 is 0 Å². The van der Waals surface area contributed by atoms with Gasteiger partial charge in [0.2, 0.25) is 5.91 Å². The van der Waals surface area contributed by atoms with Gasteiger partial charge in [-0.2, -0.15) is 5.10 Å². The van der Waals surface area contributed by atoms with Crippen LogP contribution in [0.25, 0.3) is 10.9 Å². The van der Waals surface area contributed by atoms with Gasteiger partial charge in [0.05, 0.1) is 17.1 Å². The van der Waals surface area contributed by atoms with Crippen LogP contribution in [0.2, 0.25) is 0 Å². The second-order valence-electron chi connectivity index (χ2n) is 6.72. The van der Waals surface area contributed by atoms with Crippen molar-refractivity contribution in [2.45, 2.75) is 51.4 Å². The number of nitrogens with one attached hydrogen (secondary N) is 2. The second kappa shape index (κ2) is 10.2. The third-order valence-corrected chi connectivity index (χ3v) is 5.18. The molecule has 0 bridgehead atoms. The molecule has 1 saturated heterocycles. The Hall–Kier alpha value is -2.21. The van der Waals surface area contributed by atoms with Crippen LogP contribution >= 0.6 is 0 Å². The Bertz CT molecular complexity index is 763. The molecule has 1 aromatic heterocycles. The van der Waals surface area contributed by atoms with Gasteiger partial charge in [0.1, 0.15) is 6.29 Å². The summed E-state index contributed by atoms with van der Waals surface area (Å²) in [5.74, 6) is 0.0849. The lowest BCUT2D eigenvalue weighted by Crippen LogP contribution is -2.26. The molecule has 1 aliphatic heterocycles. The molecule has 6 nitrogen and oxygen atoms in total. The SMILES string of the molecule is CC.CNC(=O)C(CCC=O)c1nn(C)c2cc(C3CCNCC3)ccc12. The number of likely N-dealkylation sites (N-methyl/N-ethyl adjacent to an activating group) is 1. The van der Waals surface area contributed by atoms with Crippen LogP contribution in [-0.4, -0.2) is 42.1 Å². The molecule has 1 aliphatic rings. The van der Waals surface area contributed by atoms with Crippen LogP contribution in [0.1, 0.15) is 62.6 Å². The Morgan fingerprint density at radius 2 is 2.07 bits per heavy atom. The standard InChI is InChI=1S/C19H26N4O2.C2H6/c1-20-19(25)16(4-3-11-24)18-15-6-5-14(12-17(15)23(2)22-18)13-7-9-21-10-8-13;1-2/h5-6,11-13,16,21H,3-4,7-10H2,1-2H3,(H,20,25);1-2H3. The maximum Gasteiger partial charge on any atom is 0.228 e. The lowest BCUT2D eigenvalue weighted by Gasteiger charge is -2.23. The minimum absolute atomic E-state index is 0.0933. The molecular weight excluding hydrogens is 340 g/mol. The zero-order valence-corrected chi connectivity index (χ0v) is 16.9. The number of amides is 1. The van der Waals surface area contributed by atoms with E-state index in [9.17, 15) is 9.59 Å². The van der Waals surface area contributed by atoms with Crippen LogP contribution in [-0.2, 0) is 16.6 Å². The average Bonchev–Trinajstić information content (AvgIpc) is 3.06. The Labute approximate surface area is 161 Å². The summed E-state index contributed by atoms with van der Waals surface area (Å²) < 4.78 is 1.85. The summed E-state index contributed by atoms with van der Waals surface area (Å²) in [4.78, 5) is 23.1. The number of aldehydes is 1. The van der Waals surface area contributed by atoms with E-state index >= 15 is 0 Å². The highest BCUT2D eigenvalue weighted by Crippen LogP contribution is 2.32. The van der Waals surface area contributed by atoms with Crippen LogP contribution < -0.4 is 10.6 Å².